The van der Waals surface area contributed by atoms with Crippen molar-refractivity contribution in [2.75, 3.05) is 0 Å². The van der Waals surface area contributed by atoms with Crippen LogP contribution in [0.15, 0.2) is 42.5 Å². The van der Waals surface area contributed by atoms with Crippen molar-refractivity contribution in [1.29, 1.82) is 0 Å². The van der Waals surface area contributed by atoms with E-state index < -0.39 is 0 Å². The predicted octanol–water partition coefficient (Wildman–Crippen LogP) is 3.72. The molecule has 63 valence electrons. The molecule has 0 unspecified atom stereocenters. The molecular formula is C12H9S. The second-order valence-corrected chi connectivity index (χ2v) is 3.61. The zero-order valence-electron chi connectivity index (χ0n) is 7.10. The molecule has 0 aliphatic heterocycles. The average Bonchev–Trinajstić information content (AvgIpc) is 2.69. The highest BCUT2D eigenvalue weighted by atomic mass is 32.1. The lowest BCUT2D eigenvalue weighted by molar-refractivity contribution is 1.67. The van der Waals surface area contributed by atoms with Gasteiger partial charge in [-0.25, -0.2) is 0 Å². The lowest BCUT2D eigenvalue weighted by Gasteiger charge is -1.89. The molecular weight excluding hydrogens is 176 g/mol. The van der Waals surface area contributed by atoms with Gasteiger partial charge in [-0.2, -0.15) is 0 Å². The number of hydrogen-bond donors (Lipinski definition) is 0. The molecule has 0 saturated carbocycles. The van der Waals surface area contributed by atoms with Crippen LogP contribution in [-0.4, -0.2) is 0 Å². The van der Waals surface area contributed by atoms with Crippen LogP contribution in [0.4, 0.5) is 0 Å². The Hall–Kier alpha value is -1.34. The van der Waals surface area contributed by atoms with Crippen molar-refractivity contribution in [2.45, 2.75) is 0 Å². The molecule has 0 fully saturated rings. The van der Waals surface area contributed by atoms with Crippen LogP contribution in [-0.2, 0) is 0 Å². The van der Waals surface area contributed by atoms with Gasteiger partial charge < -0.3 is 0 Å². The Kier molecular flexibility index (Phi) is 2.58. The van der Waals surface area contributed by atoms with Gasteiger partial charge in [0.15, 0.2) is 0 Å². The zero-order chi connectivity index (χ0) is 8.93. The summed E-state index contributed by atoms with van der Waals surface area (Å²) in [5.74, 6) is 0. The Labute approximate surface area is 82.2 Å². The van der Waals surface area contributed by atoms with E-state index in [2.05, 4.69) is 35.7 Å². The first-order valence-electron chi connectivity index (χ1n) is 4.14. The average molecular weight is 185 g/mol. The normalized spacial score (nSPS) is 10.8. The third-order valence-electron chi connectivity index (χ3n) is 1.73. The molecule has 1 aromatic carbocycles. The molecule has 13 heavy (non-hydrogen) atoms. The quantitative estimate of drug-likeness (QED) is 0.669. The van der Waals surface area contributed by atoms with E-state index in [1.807, 2.05) is 24.3 Å². The van der Waals surface area contributed by atoms with Crippen LogP contribution in [0.25, 0.3) is 12.2 Å². The Morgan fingerprint density at radius 1 is 1.00 bits per heavy atom. The predicted molar refractivity (Wildman–Crippen MR) is 58.5 cm³/mol. The van der Waals surface area contributed by atoms with Gasteiger partial charge in [-0.05, 0) is 23.8 Å². The fourth-order valence-corrected chi connectivity index (χ4v) is 1.63. The molecule has 0 bridgehead atoms. The molecule has 0 nitrogen and oxygen atoms in total. The standard InChI is InChI=1S/C12H9S/c1-2-5-11(6-3-1)8-9-12-7-4-10-13-12/h1-9H/b9-8+. The molecule has 1 radical (unpaired) electrons. The van der Waals surface area contributed by atoms with Gasteiger partial charge in [0, 0.05) is 10.3 Å². The highest BCUT2D eigenvalue weighted by molar-refractivity contribution is 7.10. The molecule has 0 spiro atoms. The summed E-state index contributed by atoms with van der Waals surface area (Å²) < 4.78 is 0. The summed E-state index contributed by atoms with van der Waals surface area (Å²) in [7, 11) is 0. The fraction of sp³-hybridized carbons (Fsp3) is 0. The van der Waals surface area contributed by atoms with Gasteiger partial charge in [0.1, 0.15) is 0 Å². The SMILES string of the molecule is [c]1ccc(/C=C/c2ccccc2)s1. The minimum Gasteiger partial charge on any atom is -0.135 e. The first-order valence-corrected chi connectivity index (χ1v) is 4.96. The summed E-state index contributed by atoms with van der Waals surface area (Å²) in [5, 5.41) is 3.06. The molecule has 0 N–H and O–H groups in total. The summed E-state index contributed by atoms with van der Waals surface area (Å²) in [6.45, 7) is 0. The van der Waals surface area contributed by atoms with E-state index in [9.17, 15) is 0 Å². The highest BCUT2D eigenvalue weighted by Crippen LogP contribution is 2.12. The van der Waals surface area contributed by atoms with Gasteiger partial charge in [-0.1, -0.05) is 36.4 Å². The van der Waals surface area contributed by atoms with Gasteiger partial charge in [-0.15, -0.1) is 11.3 Å². The maximum Gasteiger partial charge on any atom is 0.0449 e. The molecule has 1 heteroatoms. The van der Waals surface area contributed by atoms with E-state index in [-0.39, 0.29) is 0 Å². The molecule has 0 amide bonds. The van der Waals surface area contributed by atoms with Crippen molar-refractivity contribution in [3.8, 4) is 0 Å². The maximum absolute atomic E-state index is 3.06. The van der Waals surface area contributed by atoms with E-state index in [1.165, 1.54) is 10.4 Å². The Balaban J connectivity index is 2.15. The minimum atomic E-state index is 1.23. The Morgan fingerprint density at radius 2 is 1.85 bits per heavy atom. The lowest BCUT2D eigenvalue weighted by atomic mass is 10.2. The highest BCUT2D eigenvalue weighted by Gasteiger charge is 1.86. The first-order chi connectivity index (χ1) is 6.45. The molecule has 2 rings (SSSR count). The fourth-order valence-electron chi connectivity index (χ4n) is 1.08. The summed E-state index contributed by atoms with van der Waals surface area (Å²) in [6, 6.07) is 14.3. The summed E-state index contributed by atoms with van der Waals surface area (Å²) in [5.41, 5.74) is 1.23. The van der Waals surface area contributed by atoms with Crippen molar-refractivity contribution < 1.29 is 0 Å². The van der Waals surface area contributed by atoms with E-state index in [1.54, 1.807) is 11.3 Å². The Morgan fingerprint density at radius 3 is 2.54 bits per heavy atom. The van der Waals surface area contributed by atoms with Gasteiger partial charge >= 0.3 is 0 Å². The van der Waals surface area contributed by atoms with E-state index in [4.69, 9.17) is 0 Å². The molecule has 0 aliphatic carbocycles. The monoisotopic (exact) mass is 185 g/mol. The van der Waals surface area contributed by atoms with Gasteiger partial charge in [0.05, 0.1) is 0 Å². The molecule has 0 atom stereocenters. The third kappa shape index (κ3) is 2.30. The summed E-state index contributed by atoms with van der Waals surface area (Å²) >= 11 is 1.63. The molecule has 0 aliphatic rings. The van der Waals surface area contributed by atoms with Crippen LogP contribution in [0.5, 0.6) is 0 Å². The lowest BCUT2D eigenvalue weighted by Crippen LogP contribution is -1.67. The first kappa shape index (κ1) is 8.27. The third-order valence-corrected chi connectivity index (χ3v) is 2.49. The Bertz CT molecular complexity index is 371. The van der Waals surface area contributed by atoms with Gasteiger partial charge in [0.2, 0.25) is 0 Å². The molecule has 1 aromatic heterocycles. The number of hydrogen-bond acceptors (Lipinski definition) is 1. The topological polar surface area (TPSA) is 0 Å². The van der Waals surface area contributed by atoms with Crippen molar-refractivity contribution in [3.05, 3.63) is 58.3 Å². The van der Waals surface area contributed by atoms with Crippen molar-refractivity contribution >= 4 is 23.5 Å². The van der Waals surface area contributed by atoms with Crippen LogP contribution in [0.1, 0.15) is 10.4 Å². The van der Waals surface area contributed by atoms with Crippen molar-refractivity contribution in [2.24, 2.45) is 0 Å². The molecule has 0 saturated heterocycles. The second kappa shape index (κ2) is 4.06. The van der Waals surface area contributed by atoms with Gasteiger partial charge in [-0.3, -0.25) is 0 Å². The largest absolute Gasteiger partial charge is 0.135 e. The maximum atomic E-state index is 3.06. The van der Waals surface area contributed by atoms with Crippen LogP contribution in [0.3, 0.4) is 0 Å². The van der Waals surface area contributed by atoms with E-state index in [0.29, 0.717) is 0 Å². The molecule has 1 heterocycles. The van der Waals surface area contributed by atoms with E-state index >= 15 is 0 Å². The van der Waals surface area contributed by atoms with Gasteiger partial charge in [0.25, 0.3) is 0 Å². The van der Waals surface area contributed by atoms with Crippen LogP contribution in [0.2, 0.25) is 0 Å². The van der Waals surface area contributed by atoms with Crippen LogP contribution in [0, 0.1) is 5.38 Å². The number of benzene rings is 1. The second-order valence-electron chi connectivity index (χ2n) is 2.70. The van der Waals surface area contributed by atoms with Crippen molar-refractivity contribution in [1.82, 2.24) is 0 Å². The summed E-state index contributed by atoms with van der Waals surface area (Å²) in [4.78, 5) is 1.24. The van der Waals surface area contributed by atoms with Crippen molar-refractivity contribution in [3.63, 3.8) is 0 Å². The zero-order valence-corrected chi connectivity index (χ0v) is 7.92. The van der Waals surface area contributed by atoms with Crippen LogP contribution < -0.4 is 0 Å². The molecule has 2 aromatic rings. The number of rotatable bonds is 2. The summed E-state index contributed by atoms with van der Waals surface area (Å²) in [6.07, 6.45) is 4.22. The minimum absolute atomic E-state index is 1.23. The van der Waals surface area contributed by atoms with Crippen LogP contribution >= 0.6 is 11.3 Å². The van der Waals surface area contributed by atoms with E-state index in [0.717, 1.165) is 0 Å². The number of thiophene rings is 1. The smallest absolute Gasteiger partial charge is 0.0449 e.